The monoisotopic (exact) mass is 779 g/mol. The summed E-state index contributed by atoms with van der Waals surface area (Å²) in [5.41, 5.74) is 19.7. The predicted octanol–water partition coefficient (Wildman–Crippen LogP) is 15.1. The molecule has 0 atom stereocenters. The van der Waals surface area contributed by atoms with E-state index in [4.69, 9.17) is 9.15 Å². The van der Waals surface area contributed by atoms with E-state index in [-0.39, 0.29) is 5.41 Å². The second-order valence-electron chi connectivity index (χ2n) is 17.5. The zero-order valence-electron chi connectivity index (χ0n) is 33.7. The highest BCUT2D eigenvalue weighted by Crippen LogP contribution is 2.63. The van der Waals surface area contributed by atoms with E-state index in [0.717, 1.165) is 55.8 Å². The van der Waals surface area contributed by atoms with E-state index in [9.17, 15) is 0 Å². The van der Waals surface area contributed by atoms with Gasteiger partial charge < -0.3 is 13.7 Å². The molecule has 61 heavy (non-hydrogen) atoms. The van der Waals surface area contributed by atoms with Gasteiger partial charge >= 0.3 is 0 Å². The van der Waals surface area contributed by atoms with Crippen LogP contribution in [0.3, 0.4) is 0 Å². The van der Waals surface area contributed by atoms with Crippen LogP contribution in [0.2, 0.25) is 0 Å². The third-order valence-corrected chi connectivity index (χ3v) is 14.3. The molecule has 2 aliphatic carbocycles. The fourth-order valence-corrected chi connectivity index (χ4v) is 11.7. The first-order valence-electron chi connectivity index (χ1n) is 21.3. The van der Waals surface area contributed by atoms with Gasteiger partial charge in [-0.3, -0.25) is 0 Å². The molecule has 14 rings (SSSR count). The summed E-state index contributed by atoms with van der Waals surface area (Å²) in [5.74, 6) is 1.79. The minimum absolute atomic E-state index is 0.0660. The quantitative estimate of drug-likeness (QED) is 0.175. The standard InChI is InChI=1S/C58H37NO2/c1-57(2)43-18-6-3-14-36(43)37-28-26-35(33-48(37)57)34-27-31-51-42(32-34)40-17-13-23-50(56(40)61-51)59-49-22-10-5-15-38(49)39-29-30-47-54(55(39)59)41-16-4-7-19-44(41)58(47)45-20-8-11-24-52(45)60-53-25-12-9-21-46(53)58/h3-33H,1-2H3. The lowest BCUT2D eigenvalue weighted by Crippen LogP contribution is -2.32. The van der Waals surface area contributed by atoms with Gasteiger partial charge in [-0.2, -0.15) is 0 Å². The molecule has 286 valence electrons. The van der Waals surface area contributed by atoms with Gasteiger partial charge in [-0.25, -0.2) is 0 Å². The molecule has 3 aliphatic rings. The number of hydrogen-bond donors (Lipinski definition) is 0. The summed E-state index contributed by atoms with van der Waals surface area (Å²) in [5, 5.41) is 4.64. The van der Waals surface area contributed by atoms with Crippen LogP contribution in [-0.2, 0) is 10.8 Å². The number of hydrogen-bond acceptors (Lipinski definition) is 2. The van der Waals surface area contributed by atoms with Crippen molar-refractivity contribution in [1.29, 1.82) is 0 Å². The van der Waals surface area contributed by atoms with Gasteiger partial charge in [0.15, 0.2) is 5.58 Å². The van der Waals surface area contributed by atoms with E-state index in [0.29, 0.717) is 0 Å². The van der Waals surface area contributed by atoms with Crippen molar-refractivity contribution in [3.8, 4) is 50.6 Å². The van der Waals surface area contributed by atoms with Crippen molar-refractivity contribution >= 4 is 43.7 Å². The fraction of sp³-hybridized carbons (Fsp3) is 0.0690. The Morgan fingerprint density at radius 3 is 1.89 bits per heavy atom. The first kappa shape index (κ1) is 33.2. The largest absolute Gasteiger partial charge is 0.457 e. The summed E-state index contributed by atoms with van der Waals surface area (Å²) in [6.45, 7) is 4.69. The maximum atomic E-state index is 7.00. The van der Waals surface area contributed by atoms with Crippen LogP contribution in [0.5, 0.6) is 11.5 Å². The van der Waals surface area contributed by atoms with Crippen molar-refractivity contribution in [3.63, 3.8) is 0 Å². The van der Waals surface area contributed by atoms with Crippen LogP contribution < -0.4 is 4.74 Å². The van der Waals surface area contributed by atoms with E-state index in [1.807, 2.05) is 0 Å². The summed E-state index contributed by atoms with van der Waals surface area (Å²) in [4.78, 5) is 0. The molecule has 9 aromatic carbocycles. The lowest BCUT2D eigenvalue weighted by molar-refractivity contribution is 0.436. The molecule has 3 heterocycles. The zero-order valence-corrected chi connectivity index (χ0v) is 33.7. The molecule has 0 fully saturated rings. The highest BCUT2D eigenvalue weighted by atomic mass is 16.5. The van der Waals surface area contributed by atoms with Crippen LogP contribution in [0.1, 0.15) is 47.2 Å². The Kier molecular flexibility index (Phi) is 6.30. The molecule has 3 nitrogen and oxygen atoms in total. The Morgan fingerprint density at radius 1 is 0.426 bits per heavy atom. The number of furan rings is 1. The van der Waals surface area contributed by atoms with E-state index in [1.165, 1.54) is 71.9 Å². The van der Waals surface area contributed by atoms with Crippen LogP contribution in [0.4, 0.5) is 0 Å². The third-order valence-electron chi connectivity index (χ3n) is 14.3. The Labute approximate surface area is 352 Å². The lowest BCUT2D eigenvalue weighted by Gasteiger charge is -2.39. The van der Waals surface area contributed by atoms with Gasteiger partial charge in [-0.05, 0) is 92.5 Å². The van der Waals surface area contributed by atoms with Gasteiger partial charge in [0, 0.05) is 43.7 Å². The summed E-state index contributed by atoms with van der Waals surface area (Å²) >= 11 is 0. The maximum Gasteiger partial charge on any atom is 0.159 e. The van der Waals surface area contributed by atoms with Crippen LogP contribution in [0.15, 0.2) is 192 Å². The van der Waals surface area contributed by atoms with Crippen LogP contribution in [-0.4, -0.2) is 4.57 Å². The van der Waals surface area contributed by atoms with Gasteiger partial charge in [0.2, 0.25) is 0 Å². The van der Waals surface area contributed by atoms with E-state index in [1.54, 1.807) is 0 Å². The van der Waals surface area contributed by atoms with Crippen molar-refractivity contribution in [2.75, 3.05) is 0 Å². The predicted molar refractivity (Wildman–Crippen MR) is 248 cm³/mol. The molecule has 0 unspecified atom stereocenters. The van der Waals surface area contributed by atoms with Gasteiger partial charge in [0.25, 0.3) is 0 Å². The van der Waals surface area contributed by atoms with Crippen molar-refractivity contribution in [1.82, 2.24) is 4.57 Å². The average molecular weight is 780 g/mol. The smallest absolute Gasteiger partial charge is 0.159 e. The number of para-hydroxylation sites is 4. The molecule has 0 N–H and O–H groups in total. The number of nitrogens with zero attached hydrogens (tertiary/aromatic N) is 1. The second kappa shape index (κ2) is 11.6. The van der Waals surface area contributed by atoms with Gasteiger partial charge in [-0.1, -0.05) is 159 Å². The molecule has 0 amide bonds. The normalized spacial score (nSPS) is 14.8. The Morgan fingerprint density at radius 2 is 1.07 bits per heavy atom. The molecule has 1 aliphatic heterocycles. The number of fused-ring (bicyclic) bond motifs is 19. The Hall–Kier alpha value is -7.62. The average Bonchev–Trinajstić information content (AvgIpc) is 4.01. The number of rotatable bonds is 2. The molecular formula is C58H37NO2. The van der Waals surface area contributed by atoms with Gasteiger partial charge in [0.05, 0.1) is 22.1 Å². The summed E-state index contributed by atoms with van der Waals surface area (Å²) in [6, 6.07) is 68.9. The molecule has 2 aromatic heterocycles. The number of aromatic nitrogens is 1. The fourth-order valence-electron chi connectivity index (χ4n) is 11.7. The maximum absolute atomic E-state index is 7.00. The minimum Gasteiger partial charge on any atom is -0.457 e. The first-order chi connectivity index (χ1) is 30.0. The van der Waals surface area contributed by atoms with Crippen LogP contribution >= 0.6 is 0 Å². The van der Waals surface area contributed by atoms with Gasteiger partial charge in [-0.15, -0.1) is 0 Å². The molecule has 0 radical (unpaired) electrons. The highest BCUT2D eigenvalue weighted by molar-refractivity contribution is 6.18. The van der Waals surface area contributed by atoms with Crippen molar-refractivity contribution in [3.05, 3.63) is 221 Å². The minimum atomic E-state index is -0.565. The highest BCUT2D eigenvalue weighted by Gasteiger charge is 2.52. The van der Waals surface area contributed by atoms with Crippen LogP contribution in [0.25, 0.3) is 82.8 Å². The zero-order chi connectivity index (χ0) is 40.2. The molecule has 3 heteroatoms. The summed E-state index contributed by atoms with van der Waals surface area (Å²) in [7, 11) is 0. The topological polar surface area (TPSA) is 27.3 Å². The SMILES string of the molecule is CC1(C)c2ccccc2-c2ccc(-c3ccc4oc5c(-n6c7ccccc7c7ccc8c(c76)-c6ccccc6C86c7ccccc7Oc7ccccc76)cccc5c4c3)cc21. The Bertz CT molecular complexity index is 3680. The lowest BCUT2D eigenvalue weighted by atomic mass is 9.66. The second-order valence-corrected chi connectivity index (χ2v) is 17.5. The third kappa shape index (κ3) is 4.09. The van der Waals surface area contributed by atoms with E-state index in [2.05, 4.69) is 206 Å². The van der Waals surface area contributed by atoms with Crippen molar-refractivity contribution in [2.45, 2.75) is 24.7 Å². The van der Waals surface area contributed by atoms with E-state index < -0.39 is 5.41 Å². The molecule has 11 aromatic rings. The molecule has 0 saturated carbocycles. The van der Waals surface area contributed by atoms with Crippen LogP contribution in [0, 0.1) is 0 Å². The summed E-state index contributed by atoms with van der Waals surface area (Å²) < 4.78 is 16.1. The van der Waals surface area contributed by atoms with Gasteiger partial charge in [0.1, 0.15) is 17.1 Å². The molecule has 0 saturated heterocycles. The summed E-state index contributed by atoms with van der Waals surface area (Å²) in [6.07, 6.45) is 0. The molecular weight excluding hydrogens is 743 g/mol. The first-order valence-corrected chi connectivity index (χ1v) is 21.3. The number of ether oxygens (including phenoxy) is 1. The van der Waals surface area contributed by atoms with E-state index >= 15 is 0 Å². The Balaban J connectivity index is 1.03. The van der Waals surface area contributed by atoms with Crippen molar-refractivity contribution < 1.29 is 9.15 Å². The van der Waals surface area contributed by atoms with Crippen molar-refractivity contribution in [2.24, 2.45) is 0 Å². The molecule has 1 spiro atoms. The molecule has 0 bridgehead atoms. The number of benzene rings is 9.